The van der Waals surface area contributed by atoms with Crippen molar-refractivity contribution in [3.05, 3.63) is 91.9 Å². The third-order valence-electron chi connectivity index (χ3n) is 9.33. The molecule has 264 valence electrons. The molecule has 0 saturated heterocycles. The molecule has 0 fully saturated rings. The molecule has 0 atom stereocenters. The molecule has 4 aromatic carbocycles. The zero-order valence-corrected chi connectivity index (χ0v) is 31.3. The Balaban J connectivity index is 0.947. The lowest BCUT2D eigenvalue weighted by Crippen LogP contribution is -2.45. The summed E-state index contributed by atoms with van der Waals surface area (Å²) in [5.74, 6) is -1.99. The molecule has 0 unspecified atom stereocenters. The molecule has 0 aromatic heterocycles. The molecule has 2 heterocycles. The molecule has 0 aliphatic carbocycles. The van der Waals surface area contributed by atoms with E-state index < -0.39 is 0 Å². The van der Waals surface area contributed by atoms with Crippen LogP contribution in [0.5, 0.6) is 0 Å². The molecule has 0 saturated carbocycles. The first-order valence-corrected chi connectivity index (χ1v) is 18.6. The highest BCUT2D eigenvalue weighted by molar-refractivity contribution is 9.11. The molecule has 2 aliphatic rings. The first kappa shape index (κ1) is 36.3. The second-order valence-electron chi connectivity index (χ2n) is 12.6. The normalized spacial score (nSPS) is 13.9. The summed E-state index contributed by atoms with van der Waals surface area (Å²) < 4.78 is 1.61. The van der Waals surface area contributed by atoms with Crippen molar-refractivity contribution in [1.29, 1.82) is 0 Å². The number of nitrogens with zero attached hydrogens (tertiary/aromatic N) is 3. The SMILES string of the molecule is CCCCN(CCC(=O)NCCN1C(=O)c2cccc3c(Br)ccc(c23)C1=O)CCC(=O)NCCN1C(=O)c2cccc3c(Br)ccc(c23)C1=O. The summed E-state index contributed by atoms with van der Waals surface area (Å²) in [6.07, 6.45) is 2.23. The number of amides is 6. The van der Waals surface area contributed by atoms with Gasteiger partial charge in [-0.3, -0.25) is 38.6 Å². The monoisotopic (exact) mass is 817 g/mol. The van der Waals surface area contributed by atoms with Gasteiger partial charge >= 0.3 is 0 Å². The zero-order valence-electron chi connectivity index (χ0n) is 28.1. The van der Waals surface area contributed by atoms with E-state index in [0.717, 1.165) is 32.6 Å². The van der Waals surface area contributed by atoms with Crippen LogP contribution >= 0.6 is 31.9 Å². The lowest BCUT2D eigenvalue weighted by atomic mass is 9.94. The predicted molar refractivity (Wildman–Crippen MR) is 201 cm³/mol. The lowest BCUT2D eigenvalue weighted by Gasteiger charge is -2.27. The predicted octanol–water partition coefficient (Wildman–Crippen LogP) is 5.52. The van der Waals surface area contributed by atoms with E-state index in [-0.39, 0.29) is 74.5 Å². The summed E-state index contributed by atoms with van der Waals surface area (Å²) >= 11 is 6.99. The molecule has 0 bridgehead atoms. The quantitative estimate of drug-likeness (QED) is 0.151. The number of imide groups is 2. The summed E-state index contributed by atoms with van der Waals surface area (Å²) in [4.78, 5) is 82.8. The standard InChI is InChI=1S/C38H37Br2N5O6/c1-2-3-18-43(19-14-31(46)41-16-21-44-35(48)25-8-4-6-23-29(39)12-10-27(33(23)25)37(44)50)20-15-32(47)42-17-22-45-36(49)26-9-5-7-24-30(40)13-11-28(34(24)26)38(45)51/h4-13H,2-3,14-22H2,1H3,(H,41,46)(H,42,47). The summed E-state index contributed by atoms with van der Waals surface area (Å²) in [5.41, 5.74) is 1.82. The van der Waals surface area contributed by atoms with Gasteiger partial charge in [-0.05, 0) is 60.1 Å². The maximum absolute atomic E-state index is 13.2. The van der Waals surface area contributed by atoms with Crippen molar-refractivity contribution in [1.82, 2.24) is 25.3 Å². The second kappa shape index (κ2) is 15.8. The van der Waals surface area contributed by atoms with Crippen LogP contribution in [-0.2, 0) is 9.59 Å². The minimum Gasteiger partial charge on any atom is -0.354 e. The fourth-order valence-corrected chi connectivity index (χ4v) is 7.58. The second-order valence-corrected chi connectivity index (χ2v) is 14.3. The summed E-state index contributed by atoms with van der Waals surface area (Å²) in [6.45, 7) is 3.98. The number of unbranched alkanes of at least 4 members (excludes halogenated alkanes) is 1. The zero-order chi connectivity index (χ0) is 36.2. The maximum Gasteiger partial charge on any atom is 0.261 e. The lowest BCUT2D eigenvalue weighted by molar-refractivity contribution is -0.121. The van der Waals surface area contributed by atoms with E-state index in [1.807, 2.05) is 12.1 Å². The molecular formula is C38H37Br2N5O6. The highest BCUT2D eigenvalue weighted by Crippen LogP contribution is 2.35. The van der Waals surface area contributed by atoms with Crippen LogP contribution in [0.4, 0.5) is 0 Å². The van der Waals surface area contributed by atoms with E-state index in [2.05, 4.69) is 54.3 Å². The van der Waals surface area contributed by atoms with Gasteiger partial charge in [-0.2, -0.15) is 0 Å². The number of hydrogen-bond donors (Lipinski definition) is 2. The van der Waals surface area contributed by atoms with Crippen molar-refractivity contribution >= 4 is 88.8 Å². The maximum atomic E-state index is 13.2. The number of carbonyl (C=O) groups is 6. The fourth-order valence-electron chi connectivity index (χ4n) is 6.65. The van der Waals surface area contributed by atoms with Gasteiger partial charge in [-0.25, -0.2) is 0 Å². The average molecular weight is 820 g/mol. The van der Waals surface area contributed by atoms with Crippen molar-refractivity contribution < 1.29 is 28.8 Å². The van der Waals surface area contributed by atoms with Gasteiger partial charge in [0.05, 0.1) is 0 Å². The van der Waals surface area contributed by atoms with Gasteiger partial charge in [-0.15, -0.1) is 0 Å². The molecule has 4 aromatic rings. The number of carbonyl (C=O) groups excluding carboxylic acids is 6. The molecule has 51 heavy (non-hydrogen) atoms. The van der Waals surface area contributed by atoms with Gasteiger partial charge in [0.2, 0.25) is 11.8 Å². The largest absolute Gasteiger partial charge is 0.354 e. The van der Waals surface area contributed by atoms with Crippen molar-refractivity contribution in [2.45, 2.75) is 32.6 Å². The Morgan fingerprint density at radius 3 is 1.43 bits per heavy atom. The summed E-state index contributed by atoms with van der Waals surface area (Å²) in [5, 5.41) is 8.52. The van der Waals surface area contributed by atoms with E-state index >= 15 is 0 Å². The van der Waals surface area contributed by atoms with Gasteiger partial charge in [0.25, 0.3) is 23.6 Å². The highest BCUT2D eigenvalue weighted by Gasteiger charge is 2.34. The molecule has 0 spiro atoms. The van der Waals surface area contributed by atoms with E-state index in [0.29, 0.717) is 52.7 Å². The van der Waals surface area contributed by atoms with Crippen molar-refractivity contribution in [2.75, 3.05) is 45.8 Å². The fraction of sp³-hybridized carbons (Fsp3) is 0.316. The Bertz CT molecular complexity index is 1900. The average Bonchev–Trinajstić information content (AvgIpc) is 3.13. The van der Waals surface area contributed by atoms with Crippen LogP contribution in [0.3, 0.4) is 0 Å². The van der Waals surface area contributed by atoms with Crippen LogP contribution in [0.1, 0.15) is 74.0 Å². The van der Waals surface area contributed by atoms with Gasteiger partial charge in [-0.1, -0.05) is 69.5 Å². The highest BCUT2D eigenvalue weighted by atomic mass is 79.9. The third kappa shape index (κ3) is 7.46. The van der Waals surface area contributed by atoms with E-state index in [9.17, 15) is 28.8 Å². The van der Waals surface area contributed by atoms with Crippen LogP contribution in [0.25, 0.3) is 21.5 Å². The van der Waals surface area contributed by atoms with Crippen LogP contribution < -0.4 is 10.6 Å². The van der Waals surface area contributed by atoms with Gasteiger partial charge < -0.3 is 15.5 Å². The van der Waals surface area contributed by atoms with Gasteiger partial charge in [0.15, 0.2) is 0 Å². The molecule has 0 radical (unpaired) electrons. The first-order valence-electron chi connectivity index (χ1n) is 17.0. The summed E-state index contributed by atoms with van der Waals surface area (Å²) in [6, 6.07) is 17.7. The van der Waals surface area contributed by atoms with Crippen molar-refractivity contribution in [3.63, 3.8) is 0 Å². The summed E-state index contributed by atoms with van der Waals surface area (Å²) in [7, 11) is 0. The van der Waals surface area contributed by atoms with Crippen molar-refractivity contribution in [3.8, 4) is 0 Å². The van der Waals surface area contributed by atoms with Crippen LogP contribution in [-0.4, -0.2) is 96.0 Å². The van der Waals surface area contributed by atoms with E-state index in [1.165, 1.54) is 9.80 Å². The number of benzene rings is 4. The molecular weight excluding hydrogens is 782 g/mol. The number of hydrogen-bond acceptors (Lipinski definition) is 7. The Morgan fingerprint density at radius 1 is 0.608 bits per heavy atom. The van der Waals surface area contributed by atoms with Gasteiger partial charge in [0, 0.05) is 94.1 Å². The Morgan fingerprint density at radius 2 is 1.02 bits per heavy atom. The number of nitrogens with one attached hydrogen (secondary N) is 2. The third-order valence-corrected chi connectivity index (χ3v) is 10.7. The van der Waals surface area contributed by atoms with Gasteiger partial charge in [0.1, 0.15) is 0 Å². The minimum absolute atomic E-state index is 0.0453. The van der Waals surface area contributed by atoms with E-state index in [1.54, 1.807) is 48.5 Å². The Hall–Kier alpha value is -4.46. The molecule has 11 nitrogen and oxygen atoms in total. The Labute approximate surface area is 311 Å². The molecule has 6 amide bonds. The molecule has 6 rings (SSSR count). The van der Waals surface area contributed by atoms with Crippen molar-refractivity contribution in [2.24, 2.45) is 0 Å². The Kier molecular flexibility index (Phi) is 11.3. The minimum atomic E-state index is -0.389. The number of halogens is 2. The first-order chi connectivity index (χ1) is 24.6. The molecule has 13 heteroatoms. The smallest absolute Gasteiger partial charge is 0.261 e. The molecule has 2 N–H and O–H groups in total. The molecule has 2 aliphatic heterocycles. The topological polar surface area (TPSA) is 136 Å². The van der Waals surface area contributed by atoms with Crippen LogP contribution in [0.15, 0.2) is 69.6 Å². The number of rotatable bonds is 15. The van der Waals surface area contributed by atoms with E-state index in [4.69, 9.17) is 0 Å². The van der Waals surface area contributed by atoms with Crippen LogP contribution in [0.2, 0.25) is 0 Å². The van der Waals surface area contributed by atoms with Crippen LogP contribution in [0, 0.1) is 0 Å².